The normalized spacial score (nSPS) is 28.1. The Morgan fingerprint density at radius 1 is 1.38 bits per heavy atom. The fraction of sp³-hybridized carbons (Fsp3) is 0.571. The monoisotopic (exact) mass is 219 g/mol. The maximum atomic E-state index is 13.9. The number of rotatable bonds is 3. The lowest BCUT2D eigenvalue weighted by molar-refractivity contribution is 0.510. The molecular weight excluding hydrogens is 201 g/mol. The Kier molecular flexibility index (Phi) is 2.47. The van der Waals surface area contributed by atoms with E-state index in [1.165, 1.54) is 18.4 Å². The first-order valence-corrected chi connectivity index (χ1v) is 6.24. The highest BCUT2D eigenvalue weighted by Gasteiger charge is 2.41. The smallest absolute Gasteiger partial charge is 0.126 e. The van der Waals surface area contributed by atoms with Crippen LogP contribution in [0.5, 0.6) is 0 Å². The summed E-state index contributed by atoms with van der Waals surface area (Å²) < 4.78 is 13.9. The topological polar surface area (TPSA) is 12.0 Å². The van der Waals surface area contributed by atoms with Crippen molar-refractivity contribution in [1.29, 1.82) is 0 Å². The predicted molar refractivity (Wildman–Crippen MR) is 63.1 cm³/mol. The summed E-state index contributed by atoms with van der Waals surface area (Å²) in [6.45, 7) is 0.972. The van der Waals surface area contributed by atoms with E-state index in [2.05, 4.69) is 11.4 Å². The summed E-state index contributed by atoms with van der Waals surface area (Å²) in [6, 6.07) is 5.59. The third-order valence-electron chi connectivity index (χ3n) is 4.08. The molecule has 0 saturated heterocycles. The van der Waals surface area contributed by atoms with Gasteiger partial charge in [-0.2, -0.15) is 0 Å². The largest absolute Gasteiger partial charge is 0.319 e. The van der Waals surface area contributed by atoms with Crippen LogP contribution in [-0.2, 0) is 0 Å². The van der Waals surface area contributed by atoms with E-state index in [1.54, 1.807) is 6.07 Å². The SMILES string of the molecule is CNCC1CC(C2CC2)c2c(F)cccc21. The number of fused-ring (bicyclic) bond motifs is 1. The summed E-state index contributed by atoms with van der Waals surface area (Å²) in [5.74, 6) is 1.79. The van der Waals surface area contributed by atoms with E-state index in [-0.39, 0.29) is 5.82 Å². The zero-order chi connectivity index (χ0) is 11.1. The predicted octanol–water partition coefficient (Wildman–Crippen LogP) is 3.03. The minimum absolute atomic E-state index is 0.0213. The number of hydrogen-bond acceptors (Lipinski definition) is 1. The van der Waals surface area contributed by atoms with Gasteiger partial charge in [-0.15, -0.1) is 0 Å². The van der Waals surface area contributed by atoms with E-state index < -0.39 is 0 Å². The summed E-state index contributed by atoms with van der Waals surface area (Å²) >= 11 is 0. The molecule has 2 atom stereocenters. The molecule has 0 bridgehead atoms. The second-order valence-corrected chi connectivity index (χ2v) is 5.18. The van der Waals surface area contributed by atoms with Crippen molar-refractivity contribution in [2.24, 2.45) is 5.92 Å². The van der Waals surface area contributed by atoms with E-state index >= 15 is 0 Å². The first kappa shape index (κ1) is 10.3. The minimum Gasteiger partial charge on any atom is -0.319 e. The summed E-state index contributed by atoms with van der Waals surface area (Å²) in [6.07, 6.45) is 3.73. The van der Waals surface area contributed by atoms with Crippen molar-refractivity contribution in [2.45, 2.75) is 31.1 Å². The van der Waals surface area contributed by atoms with E-state index in [0.29, 0.717) is 11.8 Å². The molecule has 2 unspecified atom stereocenters. The Labute approximate surface area is 96.1 Å². The first-order chi connectivity index (χ1) is 7.81. The maximum absolute atomic E-state index is 13.9. The third kappa shape index (κ3) is 1.56. The Morgan fingerprint density at radius 2 is 2.19 bits per heavy atom. The quantitative estimate of drug-likeness (QED) is 0.824. The molecule has 0 amide bonds. The molecule has 1 saturated carbocycles. The van der Waals surface area contributed by atoms with Crippen LogP contribution < -0.4 is 5.32 Å². The molecule has 1 aromatic rings. The molecule has 16 heavy (non-hydrogen) atoms. The molecule has 1 fully saturated rings. The molecule has 0 heterocycles. The molecule has 0 spiro atoms. The molecule has 86 valence electrons. The van der Waals surface area contributed by atoms with Crippen LogP contribution in [0, 0.1) is 11.7 Å². The average Bonchev–Trinajstić information content (AvgIpc) is 3.04. The van der Waals surface area contributed by atoms with E-state index in [0.717, 1.165) is 24.4 Å². The Balaban J connectivity index is 1.99. The van der Waals surface area contributed by atoms with Crippen molar-refractivity contribution in [3.05, 3.63) is 35.1 Å². The lowest BCUT2D eigenvalue weighted by Crippen LogP contribution is -2.15. The fourth-order valence-corrected chi connectivity index (χ4v) is 3.22. The zero-order valence-electron chi connectivity index (χ0n) is 9.67. The summed E-state index contributed by atoms with van der Waals surface area (Å²) in [5, 5.41) is 3.23. The zero-order valence-corrected chi connectivity index (χ0v) is 9.67. The van der Waals surface area contributed by atoms with Gasteiger partial charge in [0.05, 0.1) is 0 Å². The molecule has 2 heteroatoms. The van der Waals surface area contributed by atoms with Gasteiger partial charge >= 0.3 is 0 Å². The van der Waals surface area contributed by atoms with Crippen molar-refractivity contribution < 1.29 is 4.39 Å². The molecule has 0 aromatic heterocycles. The molecule has 3 rings (SSSR count). The molecule has 1 nitrogen and oxygen atoms in total. The van der Waals surface area contributed by atoms with Gasteiger partial charge in [0.25, 0.3) is 0 Å². The second kappa shape index (κ2) is 3.85. The number of nitrogens with one attached hydrogen (secondary N) is 1. The van der Waals surface area contributed by atoms with Gasteiger partial charge in [-0.3, -0.25) is 0 Å². The van der Waals surface area contributed by atoms with Crippen molar-refractivity contribution in [3.63, 3.8) is 0 Å². The van der Waals surface area contributed by atoms with Gasteiger partial charge in [0.1, 0.15) is 5.82 Å². The molecular formula is C14H18FN. The van der Waals surface area contributed by atoms with Crippen molar-refractivity contribution in [3.8, 4) is 0 Å². The van der Waals surface area contributed by atoms with Gasteiger partial charge < -0.3 is 5.32 Å². The molecule has 2 aliphatic carbocycles. The first-order valence-electron chi connectivity index (χ1n) is 6.24. The van der Waals surface area contributed by atoms with E-state index in [9.17, 15) is 4.39 Å². The maximum Gasteiger partial charge on any atom is 0.126 e. The highest BCUT2D eigenvalue weighted by atomic mass is 19.1. The Hall–Kier alpha value is -0.890. The average molecular weight is 219 g/mol. The van der Waals surface area contributed by atoms with Crippen LogP contribution in [0.1, 0.15) is 42.2 Å². The minimum atomic E-state index is 0.0213. The van der Waals surface area contributed by atoms with Gasteiger partial charge in [-0.1, -0.05) is 12.1 Å². The second-order valence-electron chi connectivity index (χ2n) is 5.18. The van der Waals surface area contributed by atoms with Crippen LogP contribution >= 0.6 is 0 Å². The van der Waals surface area contributed by atoms with Gasteiger partial charge in [0, 0.05) is 6.54 Å². The molecule has 1 aromatic carbocycles. The fourth-order valence-electron chi connectivity index (χ4n) is 3.22. The molecule has 1 N–H and O–H groups in total. The van der Waals surface area contributed by atoms with Crippen LogP contribution in [0.25, 0.3) is 0 Å². The van der Waals surface area contributed by atoms with Gasteiger partial charge in [0.15, 0.2) is 0 Å². The van der Waals surface area contributed by atoms with Gasteiger partial charge in [0.2, 0.25) is 0 Å². The Bertz CT molecular complexity index is 398. The summed E-state index contributed by atoms with van der Waals surface area (Å²) in [7, 11) is 1.98. The number of benzene rings is 1. The van der Waals surface area contributed by atoms with Gasteiger partial charge in [-0.25, -0.2) is 4.39 Å². The number of hydrogen-bond donors (Lipinski definition) is 1. The number of halogens is 1. The Morgan fingerprint density at radius 3 is 2.88 bits per heavy atom. The van der Waals surface area contributed by atoms with Crippen LogP contribution in [0.2, 0.25) is 0 Å². The van der Waals surface area contributed by atoms with Crippen LogP contribution in [0.4, 0.5) is 4.39 Å². The van der Waals surface area contributed by atoms with Crippen LogP contribution in [-0.4, -0.2) is 13.6 Å². The van der Waals surface area contributed by atoms with Crippen LogP contribution in [0.3, 0.4) is 0 Å². The highest BCUT2D eigenvalue weighted by Crippen LogP contribution is 2.53. The van der Waals surface area contributed by atoms with E-state index in [1.807, 2.05) is 13.1 Å². The molecule has 0 radical (unpaired) electrons. The lowest BCUT2D eigenvalue weighted by atomic mass is 9.95. The van der Waals surface area contributed by atoms with Gasteiger partial charge in [-0.05, 0) is 61.3 Å². The highest BCUT2D eigenvalue weighted by molar-refractivity contribution is 5.41. The summed E-state index contributed by atoms with van der Waals surface area (Å²) in [5.41, 5.74) is 2.29. The standard InChI is InChI=1S/C14H18FN/c1-16-8-10-7-12(9-5-6-9)14-11(10)3-2-4-13(14)15/h2-4,9-10,12,16H,5-8H2,1H3. The van der Waals surface area contributed by atoms with Crippen molar-refractivity contribution in [1.82, 2.24) is 5.32 Å². The number of likely N-dealkylation sites (N-methyl/N-ethyl adjacent to an activating group) is 1. The lowest BCUT2D eigenvalue weighted by Gasteiger charge is -2.10. The van der Waals surface area contributed by atoms with Crippen LogP contribution in [0.15, 0.2) is 18.2 Å². The molecule has 0 aliphatic heterocycles. The summed E-state index contributed by atoms with van der Waals surface area (Å²) in [4.78, 5) is 0. The molecule has 2 aliphatic rings. The van der Waals surface area contributed by atoms with Crippen molar-refractivity contribution in [2.75, 3.05) is 13.6 Å². The third-order valence-corrected chi connectivity index (χ3v) is 4.08. The van der Waals surface area contributed by atoms with Crippen molar-refractivity contribution >= 4 is 0 Å². The van der Waals surface area contributed by atoms with E-state index in [4.69, 9.17) is 0 Å².